The summed E-state index contributed by atoms with van der Waals surface area (Å²) in [5.41, 5.74) is 0.637. The van der Waals surface area contributed by atoms with Gasteiger partial charge in [-0.25, -0.2) is 0 Å². The molecule has 1 aromatic rings. The van der Waals surface area contributed by atoms with E-state index in [4.69, 9.17) is 0 Å². The summed E-state index contributed by atoms with van der Waals surface area (Å²) in [6.07, 6.45) is 1.60. The standard InChI is InChI=1S/C10H15NO2/c1-11-7-3-4-8-9(12)5-2-6-10(8)13/h2,5-6,11-13H,3-4,7H2,1H3. The highest BCUT2D eigenvalue weighted by Gasteiger charge is 2.05. The van der Waals surface area contributed by atoms with Crippen molar-refractivity contribution in [2.75, 3.05) is 13.6 Å². The fourth-order valence-corrected chi connectivity index (χ4v) is 1.26. The smallest absolute Gasteiger partial charge is 0.122 e. The molecule has 3 heteroatoms. The molecule has 0 radical (unpaired) electrons. The number of hydrogen-bond donors (Lipinski definition) is 3. The van der Waals surface area contributed by atoms with Gasteiger partial charge in [0.2, 0.25) is 0 Å². The molecule has 0 heterocycles. The summed E-state index contributed by atoms with van der Waals surface area (Å²) in [6, 6.07) is 4.81. The molecule has 0 atom stereocenters. The molecule has 1 rings (SSSR count). The zero-order valence-electron chi connectivity index (χ0n) is 7.75. The Balaban J connectivity index is 2.64. The second-order valence-corrected chi connectivity index (χ2v) is 2.98. The lowest BCUT2D eigenvalue weighted by atomic mass is 10.1. The molecule has 0 saturated heterocycles. The number of benzene rings is 1. The van der Waals surface area contributed by atoms with Gasteiger partial charge in [0.1, 0.15) is 11.5 Å². The van der Waals surface area contributed by atoms with Crippen molar-refractivity contribution in [1.82, 2.24) is 5.32 Å². The largest absolute Gasteiger partial charge is 0.508 e. The highest BCUT2D eigenvalue weighted by molar-refractivity contribution is 5.42. The molecule has 0 unspecified atom stereocenters. The summed E-state index contributed by atoms with van der Waals surface area (Å²) in [6.45, 7) is 0.883. The van der Waals surface area contributed by atoms with Gasteiger partial charge in [0, 0.05) is 5.56 Å². The average Bonchev–Trinajstić information content (AvgIpc) is 2.10. The zero-order chi connectivity index (χ0) is 9.68. The fraction of sp³-hybridized carbons (Fsp3) is 0.400. The van der Waals surface area contributed by atoms with Gasteiger partial charge in [0.15, 0.2) is 0 Å². The van der Waals surface area contributed by atoms with Gasteiger partial charge in [0.25, 0.3) is 0 Å². The minimum Gasteiger partial charge on any atom is -0.508 e. The number of phenolic OH excluding ortho intramolecular Hbond substituents is 2. The number of phenols is 2. The number of hydrogen-bond acceptors (Lipinski definition) is 3. The van der Waals surface area contributed by atoms with Gasteiger partial charge in [-0.1, -0.05) is 6.07 Å². The second-order valence-electron chi connectivity index (χ2n) is 2.98. The molecule has 0 aromatic heterocycles. The van der Waals surface area contributed by atoms with Crippen molar-refractivity contribution < 1.29 is 10.2 Å². The van der Waals surface area contributed by atoms with E-state index in [0.717, 1.165) is 13.0 Å². The molecule has 0 fully saturated rings. The molecular weight excluding hydrogens is 166 g/mol. The maximum absolute atomic E-state index is 9.41. The first-order valence-corrected chi connectivity index (χ1v) is 4.40. The van der Waals surface area contributed by atoms with E-state index in [2.05, 4.69) is 5.32 Å². The van der Waals surface area contributed by atoms with Crippen molar-refractivity contribution in [1.29, 1.82) is 0 Å². The Morgan fingerprint density at radius 2 is 1.85 bits per heavy atom. The molecule has 72 valence electrons. The van der Waals surface area contributed by atoms with Crippen LogP contribution in [-0.2, 0) is 6.42 Å². The minimum atomic E-state index is 0.177. The van der Waals surface area contributed by atoms with Crippen LogP contribution in [0.5, 0.6) is 11.5 Å². The molecule has 0 saturated carbocycles. The Hall–Kier alpha value is -1.22. The lowest BCUT2D eigenvalue weighted by molar-refractivity contribution is 0.436. The highest BCUT2D eigenvalue weighted by Crippen LogP contribution is 2.27. The van der Waals surface area contributed by atoms with E-state index >= 15 is 0 Å². The Kier molecular flexibility index (Phi) is 3.58. The van der Waals surface area contributed by atoms with Crippen LogP contribution in [-0.4, -0.2) is 23.8 Å². The molecule has 0 amide bonds. The zero-order valence-corrected chi connectivity index (χ0v) is 7.75. The Morgan fingerprint density at radius 1 is 1.23 bits per heavy atom. The Morgan fingerprint density at radius 3 is 2.38 bits per heavy atom. The van der Waals surface area contributed by atoms with E-state index in [9.17, 15) is 10.2 Å². The average molecular weight is 181 g/mol. The predicted molar refractivity (Wildman–Crippen MR) is 52.0 cm³/mol. The summed E-state index contributed by atoms with van der Waals surface area (Å²) in [5, 5.41) is 21.8. The summed E-state index contributed by atoms with van der Waals surface area (Å²) >= 11 is 0. The topological polar surface area (TPSA) is 52.5 Å². The first-order valence-electron chi connectivity index (χ1n) is 4.40. The monoisotopic (exact) mass is 181 g/mol. The van der Waals surface area contributed by atoms with Crippen molar-refractivity contribution in [3.63, 3.8) is 0 Å². The third kappa shape index (κ3) is 2.63. The van der Waals surface area contributed by atoms with E-state index in [0.29, 0.717) is 12.0 Å². The van der Waals surface area contributed by atoms with Gasteiger partial charge in [-0.05, 0) is 38.6 Å². The lowest BCUT2D eigenvalue weighted by Gasteiger charge is -2.06. The van der Waals surface area contributed by atoms with Gasteiger partial charge in [-0.3, -0.25) is 0 Å². The molecule has 13 heavy (non-hydrogen) atoms. The molecule has 0 aliphatic heterocycles. The molecule has 0 aliphatic rings. The van der Waals surface area contributed by atoms with Crippen molar-refractivity contribution >= 4 is 0 Å². The van der Waals surface area contributed by atoms with Crippen LogP contribution in [0.2, 0.25) is 0 Å². The first-order chi connectivity index (χ1) is 6.25. The van der Waals surface area contributed by atoms with Gasteiger partial charge in [-0.15, -0.1) is 0 Å². The number of nitrogens with one attached hydrogen (secondary N) is 1. The van der Waals surface area contributed by atoms with Crippen molar-refractivity contribution in [2.45, 2.75) is 12.8 Å². The summed E-state index contributed by atoms with van der Waals surface area (Å²) < 4.78 is 0. The highest BCUT2D eigenvalue weighted by atomic mass is 16.3. The van der Waals surface area contributed by atoms with Crippen molar-refractivity contribution in [3.8, 4) is 11.5 Å². The number of rotatable bonds is 4. The van der Waals surface area contributed by atoms with Crippen LogP contribution in [0.1, 0.15) is 12.0 Å². The van der Waals surface area contributed by atoms with Gasteiger partial charge >= 0.3 is 0 Å². The molecule has 0 aliphatic carbocycles. The van der Waals surface area contributed by atoms with E-state index < -0.39 is 0 Å². The Bertz CT molecular complexity index is 253. The van der Waals surface area contributed by atoms with E-state index in [1.165, 1.54) is 0 Å². The molecule has 3 N–H and O–H groups in total. The van der Waals surface area contributed by atoms with Crippen molar-refractivity contribution in [3.05, 3.63) is 23.8 Å². The Labute approximate surface area is 78.0 Å². The molecular formula is C10H15NO2. The second kappa shape index (κ2) is 4.72. The van der Waals surface area contributed by atoms with E-state index in [1.54, 1.807) is 18.2 Å². The maximum atomic E-state index is 9.41. The van der Waals surface area contributed by atoms with Crippen LogP contribution >= 0.6 is 0 Å². The molecule has 0 bridgehead atoms. The molecule has 0 spiro atoms. The van der Waals surface area contributed by atoms with Crippen LogP contribution in [0.4, 0.5) is 0 Å². The fourth-order valence-electron chi connectivity index (χ4n) is 1.26. The SMILES string of the molecule is CNCCCc1c(O)cccc1O. The maximum Gasteiger partial charge on any atom is 0.122 e. The third-order valence-corrected chi connectivity index (χ3v) is 1.98. The van der Waals surface area contributed by atoms with Crippen LogP contribution in [0.3, 0.4) is 0 Å². The van der Waals surface area contributed by atoms with Crippen LogP contribution < -0.4 is 5.32 Å². The van der Waals surface area contributed by atoms with Gasteiger partial charge < -0.3 is 15.5 Å². The summed E-state index contributed by atoms with van der Waals surface area (Å²) in [4.78, 5) is 0. The van der Waals surface area contributed by atoms with Gasteiger partial charge in [0.05, 0.1) is 0 Å². The van der Waals surface area contributed by atoms with Crippen LogP contribution in [0.25, 0.3) is 0 Å². The van der Waals surface area contributed by atoms with Gasteiger partial charge in [-0.2, -0.15) is 0 Å². The molecule has 3 nitrogen and oxygen atoms in total. The van der Waals surface area contributed by atoms with E-state index in [1.807, 2.05) is 7.05 Å². The molecule has 1 aromatic carbocycles. The number of aromatic hydroxyl groups is 2. The summed E-state index contributed by atoms with van der Waals surface area (Å²) in [5.74, 6) is 0.354. The predicted octanol–water partition coefficient (Wildman–Crippen LogP) is 1.25. The van der Waals surface area contributed by atoms with Crippen LogP contribution in [0.15, 0.2) is 18.2 Å². The van der Waals surface area contributed by atoms with Crippen LogP contribution in [0, 0.1) is 0 Å². The first kappa shape index (κ1) is 9.86. The van der Waals surface area contributed by atoms with E-state index in [-0.39, 0.29) is 11.5 Å². The third-order valence-electron chi connectivity index (χ3n) is 1.98. The normalized spacial score (nSPS) is 10.2. The summed E-state index contributed by atoms with van der Waals surface area (Å²) in [7, 11) is 1.88. The quantitative estimate of drug-likeness (QED) is 0.613. The van der Waals surface area contributed by atoms with Crippen molar-refractivity contribution in [2.24, 2.45) is 0 Å². The lowest BCUT2D eigenvalue weighted by Crippen LogP contribution is -2.08. The minimum absolute atomic E-state index is 0.177.